The van der Waals surface area contributed by atoms with E-state index >= 15 is 0 Å². The highest BCUT2D eigenvalue weighted by atomic mass is 16.5. The molecule has 4 heteroatoms. The molecule has 1 aliphatic rings. The van der Waals surface area contributed by atoms with E-state index in [9.17, 15) is 0 Å². The van der Waals surface area contributed by atoms with Crippen molar-refractivity contribution in [3.05, 3.63) is 23.9 Å². The van der Waals surface area contributed by atoms with Gasteiger partial charge in [0.1, 0.15) is 11.8 Å². The number of nitrogens with one attached hydrogen (secondary N) is 1. The molecule has 15 heavy (non-hydrogen) atoms. The Hall–Kier alpha value is -1.60. The zero-order valence-corrected chi connectivity index (χ0v) is 8.44. The maximum Gasteiger partial charge on any atom is 0.214 e. The Morgan fingerprint density at radius 2 is 2.53 bits per heavy atom. The Morgan fingerprint density at radius 1 is 1.60 bits per heavy atom. The molecule has 1 N–H and O–H groups in total. The van der Waals surface area contributed by atoms with Crippen LogP contribution in [0.5, 0.6) is 5.88 Å². The van der Waals surface area contributed by atoms with Gasteiger partial charge in [0.05, 0.1) is 6.61 Å². The highest BCUT2D eigenvalue weighted by Crippen LogP contribution is 2.12. The number of nitrogens with zero attached hydrogens (tertiary/aromatic N) is 2. The maximum absolute atomic E-state index is 8.66. The van der Waals surface area contributed by atoms with E-state index in [2.05, 4.69) is 10.3 Å². The summed E-state index contributed by atoms with van der Waals surface area (Å²) in [6, 6.07) is 7.23. The van der Waals surface area contributed by atoms with E-state index in [0.717, 1.165) is 19.5 Å². The standard InChI is InChI=1S/C11H13N3O/c12-6-10-2-1-3-11(14-10)15-8-9-4-5-13-7-9/h1-3,9,13H,4-5,7-8H2. The summed E-state index contributed by atoms with van der Waals surface area (Å²) in [4.78, 5) is 4.05. The third-order valence-electron chi connectivity index (χ3n) is 2.47. The topological polar surface area (TPSA) is 57.9 Å². The van der Waals surface area contributed by atoms with Crippen molar-refractivity contribution in [3.63, 3.8) is 0 Å². The van der Waals surface area contributed by atoms with Gasteiger partial charge < -0.3 is 10.1 Å². The fraction of sp³-hybridized carbons (Fsp3) is 0.455. The summed E-state index contributed by atoms with van der Waals surface area (Å²) in [5.74, 6) is 1.11. The van der Waals surface area contributed by atoms with E-state index in [1.54, 1.807) is 18.2 Å². The molecule has 0 bridgehead atoms. The second kappa shape index (κ2) is 4.76. The summed E-state index contributed by atoms with van der Waals surface area (Å²) in [5, 5.41) is 11.9. The van der Waals surface area contributed by atoms with Crippen LogP contribution in [0.2, 0.25) is 0 Å². The summed E-state index contributed by atoms with van der Waals surface area (Å²) in [5.41, 5.74) is 0.400. The molecule has 0 amide bonds. The van der Waals surface area contributed by atoms with Crippen LogP contribution in [0.3, 0.4) is 0 Å². The Labute approximate surface area is 88.9 Å². The normalized spacial score (nSPS) is 19.8. The van der Waals surface area contributed by atoms with Gasteiger partial charge in [0.2, 0.25) is 5.88 Å². The van der Waals surface area contributed by atoms with Gasteiger partial charge in [-0.3, -0.25) is 0 Å². The van der Waals surface area contributed by atoms with Gasteiger partial charge in [-0.05, 0) is 19.0 Å². The quantitative estimate of drug-likeness (QED) is 0.794. The molecule has 1 unspecified atom stereocenters. The predicted molar refractivity (Wildman–Crippen MR) is 55.4 cm³/mol. The molecule has 2 heterocycles. The number of pyridine rings is 1. The molecule has 0 spiro atoms. The number of hydrogen-bond donors (Lipinski definition) is 1. The first kappa shape index (κ1) is 9.94. The van der Waals surface area contributed by atoms with Crippen molar-refractivity contribution in [1.29, 1.82) is 5.26 Å². The van der Waals surface area contributed by atoms with Crippen molar-refractivity contribution >= 4 is 0 Å². The average molecular weight is 203 g/mol. The fourth-order valence-electron chi connectivity index (χ4n) is 1.62. The van der Waals surface area contributed by atoms with E-state index in [1.165, 1.54) is 0 Å². The number of nitriles is 1. The third-order valence-corrected chi connectivity index (χ3v) is 2.47. The molecule has 0 aliphatic carbocycles. The van der Waals surface area contributed by atoms with Crippen LogP contribution in [0, 0.1) is 17.2 Å². The predicted octanol–water partition coefficient (Wildman–Crippen LogP) is 0.942. The molecule has 1 fully saturated rings. The average Bonchev–Trinajstić information content (AvgIpc) is 2.79. The molecular formula is C11H13N3O. The second-order valence-corrected chi connectivity index (χ2v) is 3.64. The molecule has 0 saturated carbocycles. The lowest BCUT2D eigenvalue weighted by molar-refractivity contribution is 0.251. The molecular weight excluding hydrogens is 190 g/mol. The minimum atomic E-state index is 0.400. The summed E-state index contributed by atoms with van der Waals surface area (Å²) in [6.45, 7) is 2.76. The SMILES string of the molecule is N#Cc1cccc(OCC2CCNC2)n1. The highest BCUT2D eigenvalue weighted by Gasteiger charge is 2.15. The van der Waals surface area contributed by atoms with Crippen LogP contribution >= 0.6 is 0 Å². The lowest BCUT2D eigenvalue weighted by Crippen LogP contribution is -2.15. The minimum Gasteiger partial charge on any atom is -0.477 e. The number of aromatic nitrogens is 1. The molecule has 1 saturated heterocycles. The Balaban J connectivity index is 1.90. The Morgan fingerprint density at radius 3 is 3.27 bits per heavy atom. The number of hydrogen-bond acceptors (Lipinski definition) is 4. The summed E-state index contributed by atoms with van der Waals surface area (Å²) in [6.07, 6.45) is 1.15. The van der Waals surface area contributed by atoms with E-state index in [1.807, 2.05) is 6.07 Å². The Kier molecular flexibility index (Phi) is 3.15. The van der Waals surface area contributed by atoms with Crippen LogP contribution < -0.4 is 10.1 Å². The zero-order valence-electron chi connectivity index (χ0n) is 8.44. The van der Waals surface area contributed by atoms with Crippen LogP contribution in [0.25, 0.3) is 0 Å². The van der Waals surface area contributed by atoms with Crippen molar-refractivity contribution in [2.75, 3.05) is 19.7 Å². The fourth-order valence-corrected chi connectivity index (χ4v) is 1.62. The highest BCUT2D eigenvalue weighted by molar-refractivity contribution is 5.24. The van der Waals surface area contributed by atoms with Crippen LogP contribution in [0.1, 0.15) is 12.1 Å². The first-order valence-electron chi connectivity index (χ1n) is 5.09. The van der Waals surface area contributed by atoms with Gasteiger partial charge >= 0.3 is 0 Å². The summed E-state index contributed by atoms with van der Waals surface area (Å²) < 4.78 is 5.53. The van der Waals surface area contributed by atoms with Crippen LogP contribution in [-0.2, 0) is 0 Å². The van der Waals surface area contributed by atoms with Crippen molar-refractivity contribution in [3.8, 4) is 11.9 Å². The first-order valence-corrected chi connectivity index (χ1v) is 5.09. The van der Waals surface area contributed by atoms with Gasteiger partial charge in [-0.25, -0.2) is 4.98 Å². The van der Waals surface area contributed by atoms with Gasteiger partial charge in [0.15, 0.2) is 0 Å². The molecule has 0 radical (unpaired) electrons. The maximum atomic E-state index is 8.66. The molecule has 1 aliphatic heterocycles. The van der Waals surface area contributed by atoms with Crippen molar-refractivity contribution in [1.82, 2.24) is 10.3 Å². The van der Waals surface area contributed by atoms with Crippen LogP contribution in [0.4, 0.5) is 0 Å². The van der Waals surface area contributed by atoms with E-state index in [0.29, 0.717) is 24.1 Å². The van der Waals surface area contributed by atoms with Crippen LogP contribution in [0.15, 0.2) is 18.2 Å². The van der Waals surface area contributed by atoms with Crippen molar-refractivity contribution < 1.29 is 4.74 Å². The van der Waals surface area contributed by atoms with E-state index in [-0.39, 0.29) is 0 Å². The lowest BCUT2D eigenvalue weighted by atomic mass is 10.1. The van der Waals surface area contributed by atoms with Crippen molar-refractivity contribution in [2.45, 2.75) is 6.42 Å². The molecule has 1 aromatic heterocycles. The van der Waals surface area contributed by atoms with Gasteiger partial charge in [0, 0.05) is 18.5 Å². The lowest BCUT2D eigenvalue weighted by Gasteiger charge is -2.09. The minimum absolute atomic E-state index is 0.400. The van der Waals surface area contributed by atoms with Gasteiger partial charge in [-0.2, -0.15) is 5.26 Å². The smallest absolute Gasteiger partial charge is 0.214 e. The van der Waals surface area contributed by atoms with Crippen molar-refractivity contribution in [2.24, 2.45) is 5.92 Å². The van der Waals surface area contributed by atoms with Gasteiger partial charge in [-0.1, -0.05) is 6.07 Å². The monoisotopic (exact) mass is 203 g/mol. The van der Waals surface area contributed by atoms with Crippen LogP contribution in [-0.4, -0.2) is 24.7 Å². The summed E-state index contributed by atoms with van der Waals surface area (Å²) in [7, 11) is 0. The summed E-state index contributed by atoms with van der Waals surface area (Å²) >= 11 is 0. The van der Waals surface area contributed by atoms with E-state index < -0.39 is 0 Å². The molecule has 78 valence electrons. The third kappa shape index (κ3) is 2.67. The molecule has 4 nitrogen and oxygen atoms in total. The van der Waals surface area contributed by atoms with Gasteiger partial charge in [-0.15, -0.1) is 0 Å². The number of ether oxygens (including phenoxy) is 1. The first-order chi connectivity index (χ1) is 7.38. The largest absolute Gasteiger partial charge is 0.477 e. The van der Waals surface area contributed by atoms with E-state index in [4.69, 9.17) is 10.00 Å². The number of rotatable bonds is 3. The van der Waals surface area contributed by atoms with Gasteiger partial charge in [0.25, 0.3) is 0 Å². The molecule has 0 aromatic carbocycles. The molecule has 1 aromatic rings. The second-order valence-electron chi connectivity index (χ2n) is 3.64. The Bertz CT molecular complexity index is 366. The zero-order chi connectivity index (χ0) is 10.5. The molecule has 2 rings (SSSR count). The molecule has 1 atom stereocenters.